The maximum absolute atomic E-state index is 5.35. The van der Waals surface area contributed by atoms with Gasteiger partial charge in [0, 0.05) is 5.69 Å². The number of aryl methyl sites for hydroxylation is 2. The molecule has 1 aromatic rings. The summed E-state index contributed by atoms with van der Waals surface area (Å²) < 4.78 is 1.37. The quantitative estimate of drug-likeness (QED) is 0.438. The van der Waals surface area contributed by atoms with Crippen LogP contribution in [0, 0.1) is 13.8 Å². The highest BCUT2D eigenvalue weighted by Gasteiger charge is 1.91. The van der Waals surface area contributed by atoms with Gasteiger partial charge in [-0.15, -0.1) is 0 Å². The molecular weight excluding hydrogens is 98.9 g/mol. The van der Waals surface area contributed by atoms with Gasteiger partial charge in [0.25, 0.3) is 7.98 Å². The molecule has 1 aromatic heterocycles. The monoisotopic (exact) mass is 106 g/mol. The number of aromatic nitrogens is 2. The largest absolute Gasteiger partial charge is 0.328 e. The molecular formula is C5H7BN2. The summed E-state index contributed by atoms with van der Waals surface area (Å²) in [6.45, 7) is 3.83. The Labute approximate surface area is 49.9 Å². The van der Waals surface area contributed by atoms with E-state index in [0.29, 0.717) is 0 Å². The lowest BCUT2D eigenvalue weighted by atomic mass is 10.3. The molecule has 0 unspecified atom stereocenters. The van der Waals surface area contributed by atoms with Crippen LogP contribution in [0.2, 0.25) is 0 Å². The first-order valence-electron chi connectivity index (χ1n) is 2.48. The summed E-state index contributed by atoms with van der Waals surface area (Å²) in [7, 11) is 5.35. The smallest absolute Gasteiger partial charge is 0.264 e. The molecule has 0 aliphatic rings. The molecule has 1 heterocycles. The highest BCUT2D eigenvalue weighted by Crippen LogP contribution is 1.96. The van der Waals surface area contributed by atoms with Crippen LogP contribution in [-0.2, 0) is 0 Å². The van der Waals surface area contributed by atoms with Gasteiger partial charge in [-0.3, -0.25) is 0 Å². The molecule has 0 aliphatic heterocycles. The summed E-state index contributed by atoms with van der Waals surface area (Å²) in [5.74, 6) is 0. The molecule has 0 fully saturated rings. The molecule has 0 aromatic carbocycles. The van der Waals surface area contributed by atoms with Gasteiger partial charge in [0.2, 0.25) is 0 Å². The zero-order valence-electron chi connectivity index (χ0n) is 5.05. The number of hydrogen-bond donors (Lipinski definition) is 0. The Hall–Kier alpha value is -0.725. The average Bonchev–Trinajstić information content (AvgIpc) is 1.85. The average molecular weight is 106 g/mol. The summed E-state index contributed by atoms with van der Waals surface area (Å²) in [6, 6.07) is 1.93. The highest BCUT2D eigenvalue weighted by atomic mass is 15.2. The third-order valence-corrected chi connectivity index (χ3v) is 1.04. The Balaban J connectivity index is 3.14. The first-order chi connectivity index (χ1) is 3.70. The lowest BCUT2D eigenvalue weighted by Crippen LogP contribution is -1.95. The van der Waals surface area contributed by atoms with Crippen LogP contribution in [0.3, 0.4) is 0 Å². The zero-order chi connectivity index (χ0) is 6.15. The lowest BCUT2D eigenvalue weighted by molar-refractivity contribution is 0.930. The predicted octanol–water partition coefficient (Wildman–Crippen LogP) is 0.432. The van der Waals surface area contributed by atoms with E-state index in [2.05, 4.69) is 5.10 Å². The van der Waals surface area contributed by atoms with E-state index in [1.165, 1.54) is 4.59 Å². The number of hydrogen-bond acceptors (Lipinski definition) is 1. The van der Waals surface area contributed by atoms with E-state index in [0.717, 1.165) is 11.4 Å². The minimum Gasteiger partial charge on any atom is -0.328 e. The maximum Gasteiger partial charge on any atom is 0.264 e. The van der Waals surface area contributed by atoms with Crippen molar-refractivity contribution in [1.29, 1.82) is 0 Å². The molecule has 0 N–H and O–H groups in total. The van der Waals surface area contributed by atoms with Crippen LogP contribution in [0.1, 0.15) is 11.4 Å². The predicted molar refractivity (Wildman–Crippen MR) is 32.9 cm³/mol. The molecule has 2 radical (unpaired) electrons. The lowest BCUT2D eigenvalue weighted by Gasteiger charge is -1.88. The molecule has 0 saturated heterocycles. The van der Waals surface area contributed by atoms with Crippen LogP contribution in [0.4, 0.5) is 0 Å². The van der Waals surface area contributed by atoms with Gasteiger partial charge in [0.05, 0.1) is 5.69 Å². The van der Waals surface area contributed by atoms with Crippen molar-refractivity contribution in [3.05, 3.63) is 17.5 Å². The topological polar surface area (TPSA) is 17.8 Å². The van der Waals surface area contributed by atoms with E-state index in [9.17, 15) is 0 Å². The van der Waals surface area contributed by atoms with Crippen LogP contribution in [0.25, 0.3) is 0 Å². The third-order valence-electron chi connectivity index (χ3n) is 1.04. The summed E-state index contributed by atoms with van der Waals surface area (Å²) in [5.41, 5.74) is 1.95. The third kappa shape index (κ3) is 0.758. The van der Waals surface area contributed by atoms with Gasteiger partial charge in [0.1, 0.15) is 0 Å². The molecule has 3 heteroatoms. The molecule has 0 saturated carbocycles. The van der Waals surface area contributed by atoms with E-state index in [-0.39, 0.29) is 0 Å². The fourth-order valence-corrected chi connectivity index (χ4v) is 0.646. The molecule has 0 spiro atoms. The van der Waals surface area contributed by atoms with Crippen molar-refractivity contribution in [2.75, 3.05) is 0 Å². The van der Waals surface area contributed by atoms with E-state index in [4.69, 9.17) is 7.98 Å². The molecule has 0 atom stereocenters. The van der Waals surface area contributed by atoms with Crippen molar-refractivity contribution < 1.29 is 0 Å². The zero-order valence-corrected chi connectivity index (χ0v) is 5.05. The molecule has 2 nitrogen and oxygen atoms in total. The van der Waals surface area contributed by atoms with Gasteiger partial charge in [-0.2, -0.15) is 5.10 Å². The van der Waals surface area contributed by atoms with Crippen molar-refractivity contribution in [2.45, 2.75) is 13.8 Å². The van der Waals surface area contributed by atoms with Gasteiger partial charge in [0.15, 0.2) is 0 Å². The van der Waals surface area contributed by atoms with E-state index in [1.807, 2.05) is 19.9 Å². The van der Waals surface area contributed by atoms with Crippen molar-refractivity contribution in [3.63, 3.8) is 0 Å². The fraction of sp³-hybridized carbons (Fsp3) is 0.400. The van der Waals surface area contributed by atoms with E-state index < -0.39 is 0 Å². The van der Waals surface area contributed by atoms with Crippen LogP contribution >= 0.6 is 0 Å². The van der Waals surface area contributed by atoms with Crippen LogP contribution in [-0.4, -0.2) is 17.7 Å². The number of rotatable bonds is 0. The summed E-state index contributed by atoms with van der Waals surface area (Å²) >= 11 is 0. The first-order valence-corrected chi connectivity index (χ1v) is 2.48. The van der Waals surface area contributed by atoms with Gasteiger partial charge >= 0.3 is 0 Å². The second-order valence-electron chi connectivity index (χ2n) is 1.87. The summed E-state index contributed by atoms with van der Waals surface area (Å²) in [4.78, 5) is 0. The Morgan fingerprint density at radius 2 is 2.25 bits per heavy atom. The second kappa shape index (κ2) is 1.65. The summed E-state index contributed by atoms with van der Waals surface area (Å²) in [5, 5.41) is 3.91. The molecule has 1 rings (SSSR count). The Kier molecular flexibility index (Phi) is 1.12. The Morgan fingerprint density at radius 1 is 1.62 bits per heavy atom. The standard InChI is InChI=1S/C5H7BN2/c1-4-3-5(2)8(6)7-4/h3H,1-2H3. The fourth-order valence-electron chi connectivity index (χ4n) is 0.646. The van der Waals surface area contributed by atoms with Crippen molar-refractivity contribution in [1.82, 2.24) is 9.69 Å². The molecule has 40 valence electrons. The van der Waals surface area contributed by atoms with Crippen LogP contribution in [0.15, 0.2) is 6.07 Å². The van der Waals surface area contributed by atoms with Crippen molar-refractivity contribution in [2.24, 2.45) is 0 Å². The van der Waals surface area contributed by atoms with Crippen LogP contribution < -0.4 is 0 Å². The van der Waals surface area contributed by atoms with E-state index in [1.54, 1.807) is 0 Å². The van der Waals surface area contributed by atoms with Gasteiger partial charge < -0.3 is 4.59 Å². The van der Waals surface area contributed by atoms with E-state index >= 15 is 0 Å². The number of nitrogens with zero attached hydrogens (tertiary/aromatic N) is 2. The molecule has 8 heavy (non-hydrogen) atoms. The van der Waals surface area contributed by atoms with Crippen molar-refractivity contribution in [3.8, 4) is 0 Å². The normalized spacial score (nSPS) is 9.75. The van der Waals surface area contributed by atoms with Gasteiger partial charge in [-0.25, -0.2) is 0 Å². The van der Waals surface area contributed by atoms with Gasteiger partial charge in [-0.05, 0) is 19.9 Å². The molecule has 0 amide bonds. The van der Waals surface area contributed by atoms with Crippen LogP contribution in [0.5, 0.6) is 0 Å². The molecule has 0 aliphatic carbocycles. The Morgan fingerprint density at radius 3 is 2.38 bits per heavy atom. The second-order valence-corrected chi connectivity index (χ2v) is 1.87. The summed E-state index contributed by atoms with van der Waals surface area (Å²) in [6.07, 6.45) is 0. The Bertz CT molecular complexity index is 173. The van der Waals surface area contributed by atoms with Crippen molar-refractivity contribution >= 4 is 7.98 Å². The SMILES string of the molecule is [B]n1nc(C)cc1C. The maximum atomic E-state index is 5.35. The van der Waals surface area contributed by atoms with Gasteiger partial charge in [-0.1, -0.05) is 0 Å². The highest BCUT2D eigenvalue weighted by molar-refractivity contribution is 6.06. The first kappa shape index (κ1) is 5.41. The molecule has 0 bridgehead atoms. The minimum absolute atomic E-state index is 0.963. The minimum atomic E-state index is 0.963.